The zero-order valence-corrected chi connectivity index (χ0v) is 14.8. The zero-order valence-electron chi connectivity index (χ0n) is 14.0. The van der Waals surface area contributed by atoms with Crippen molar-refractivity contribution < 1.29 is 31.8 Å². The highest BCUT2D eigenvalue weighted by atomic mass is 32.2. The summed E-state index contributed by atoms with van der Waals surface area (Å²) in [7, 11) is 0. The summed E-state index contributed by atoms with van der Waals surface area (Å²) in [6, 6.07) is 6.05. The van der Waals surface area contributed by atoms with Gasteiger partial charge in [0.25, 0.3) is 0 Å². The largest absolute Gasteiger partial charge is 0.487 e. The van der Waals surface area contributed by atoms with E-state index in [2.05, 4.69) is 11.8 Å². The number of alkyl halides is 4. The molecule has 3 nitrogen and oxygen atoms in total. The van der Waals surface area contributed by atoms with Gasteiger partial charge in [0.05, 0.1) is 18.5 Å². The van der Waals surface area contributed by atoms with E-state index in [0.717, 1.165) is 5.56 Å². The minimum atomic E-state index is -4.17. The number of thioether (sulfide) groups is 1. The molecule has 1 saturated heterocycles. The molecule has 0 amide bonds. The Balaban J connectivity index is 1.80. The molecule has 1 fully saturated rings. The van der Waals surface area contributed by atoms with Crippen LogP contribution in [-0.4, -0.2) is 50.0 Å². The Bertz CT molecular complexity index is 645. The third kappa shape index (κ3) is 6.56. The van der Waals surface area contributed by atoms with Gasteiger partial charge in [0.15, 0.2) is 6.61 Å². The van der Waals surface area contributed by atoms with E-state index in [0.29, 0.717) is 18.5 Å². The Kier molecular flexibility index (Phi) is 7.82. The van der Waals surface area contributed by atoms with Crippen molar-refractivity contribution in [2.75, 3.05) is 26.1 Å². The zero-order chi connectivity index (χ0) is 19.0. The van der Waals surface area contributed by atoms with Gasteiger partial charge in [-0.3, -0.25) is 0 Å². The summed E-state index contributed by atoms with van der Waals surface area (Å²) in [5.74, 6) is 1.54. The molecule has 0 aliphatic carbocycles. The first-order chi connectivity index (χ1) is 12.4. The minimum Gasteiger partial charge on any atom is -0.487 e. The molecule has 1 heterocycles. The summed E-state index contributed by atoms with van der Waals surface area (Å²) in [6.07, 6.45) is 1.00. The van der Waals surface area contributed by atoms with Gasteiger partial charge in [0.2, 0.25) is 6.29 Å². The lowest BCUT2D eigenvalue weighted by molar-refractivity contribution is -0.148. The summed E-state index contributed by atoms with van der Waals surface area (Å²) >= 11 is 1.68. The van der Waals surface area contributed by atoms with Gasteiger partial charge in [-0.15, -0.1) is 0 Å². The Labute approximate surface area is 153 Å². The van der Waals surface area contributed by atoms with Crippen LogP contribution in [0.5, 0.6) is 5.75 Å². The lowest BCUT2D eigenvalue weighted by Crippen LogP contribution is -2.33. The van der Waals surface area contributed by atoms with Gasteiger partial charge in [-0.05, 0) is 42.0 Å². The molecule has 0 atom stereocenters. The Morgan fingerprint density at radius 3 is 2.50 bits per heavy atom. The molecule has 142 valence electrons. The fraction of sp³-hybridized carbons (Fsp3) is 0.444. The molecule has 0 bridgehead atoms. The summed E-state index contributed by atoms with van der Waals surface area (Å²) < 4.78 is 65.3. The molecule has 0 saturated carbocycles. The van der Waals surface area contributed by atoms with Crippen molar-refractivity contribution in [1.82, 2.24) is 0 Å². The van der Waals surface area contributed by atoms with Gasteiger partial charge in [-0.25, -0.2) is 8.78 Å². The van der Waals surface area contributed by atoms with E-state index in [1.54, 1.807) is 36.0 Å². The molecule has 8 heteroatoms. The van der Waals surface area contributed by atoms with Gasteiger partial charge in [-0.2, -0.15) is 20.5 Å². The lowest BCUT2D eigenvalue weighted by atomic mass is 10.2. The molecule has 1 aromatic rings. The van der Waals surface area contributed by atoms with Crippen LogP contribution in [0.3, 0.4) is 0 Å². The predicted octanol–water partition coefficient (Wildman–Crippen LogP) is 4.09. The van der Waals surface area contributed by atoms with Crippen molar-refractivity contribution >= 4 is 17.8 Å². The molecule has 26 heavy (non-hydrogen) atoms. The third-order valence-corrected chi connectivity index (χ3v) is 4.33. The maximum atomic E-state index is 12.8. The molecule has 1 aromatic carbocycles. The maximum absolute atomic E-state index is 12.8. The number of halogens is 4. The highest BCUT2D eigenvalue weighted by Crippen LogP contribution is 2.24. The second kappa shape index (κ2) is 9.86. The fourth-order valence-corrected chi connectivity index (χ4v) is 2.31. The molecule has 0 radical (unpaired) electrons. The second-order valence-corrected chi connectivity index (χ2v) is 6.54. The molecular weight excluding hydrogens is 372 g/mol. The Morgan fingerprint density at radius 2 is 1.92 bits per heavy atom. The van der Waals surface area contributed by atoms with Crippen LogP contribution in [0.4, 0.5) is 17.6 Å². The molecule has 0 aromatic heterocycles. The van der Waals surface area contributed by atoms with Gasteiger partial charge in [0.1, 0.15) is 5.75 Å². The van der Waals surface area contributed by atoms with E-state index in [9.17, 15) is 17.6 Å². The van der Waals surface area contributed by atoms with Crippen molar-refractivity contribution in [2.24, 2.45) is 0 Å². The summed E-state index contributed by atoms with van der Waals surface area (Å²) in [5, 5.41) is 0.324. The van der Waals surface area contributed by atoms with Crippen LogP contribution in [0.2, 0.25) is 0 Å². The van der Waals surface area contributed by atoms with Crippen molar-refractivity contribution in [1.29, 1.82) is 0 Å². The summed E-state index contributed by atoms with van der Waals surface area (Å²) in [4.78, 5) is 0. The molecule has 0 spiro atoms. The SMILES string of the molecule is CSC1COC(C#CC=Cc2ccc(OCC(F)(F)C(F)F)cc2)OC1. The normalized spacial score (nSPS) is 20.8. The first-order valence-electron chi connectivity index (χ1n) is 7.73. The highest BCUT2D eigenvalue weighted by Gasteiger charge is 2.41. The van der Waals surface area contributed by atoms with E-state index in [1.807, 2.05) is 6.26 Å². The van der Waals surface area contributed by atoms with Crippen molar-refractivity contribution in [3.05, 3.63) is 35.9 Å². The van der Waals surface area contributed by atoms with Crippen LogP contribution in [0, 0.1) is 11.8 Å². The summed E-state index contributed by atoms with van der Waals surface area (Å²) in [5.41, 5.74) is 0.750. The molecule has 0 N–H and O–H groups in total. The van der Waals surface area contributed by atoms with Gasteiger partial charge in [-0.1, -0.05) is 18.1 Å². The quantitative estimate of drug-likeness (QED) is 0.540. The number of hydrogen-bond acceptors (Lipinski definition) is 4. The van der Waals surface area contributed by atoms with E-state index >= 15 is 0 Å². The van der Waals surface area contributed by atoms with E-state index in [-0.39, 0.29) is 5.75 Å². The van der Waals surface area contributed by atoms with Crippen LogP contribution in [-0.2, 0) is 9.47 Å². The molecule has 2 rings (SSSR count). The van der Waals surface area contributed by atoms with Crippen molar-refractivity contribution in [3.63, 3.8) is 0 Å². The molecule has 1 aliphatic heterocycles. The van der Waals surface area contributed by atoms with Gasteiger partial charge >= 0.3 is 12.3 Å². The van der Waals surface area contributed by atoms with Gasteiger partial charge < -0.3 is 14.2 Å². The fourth-order valence-electron chi connectivity index (χ4n) is 1.88. The number of benzene rings is 1. The first kappa shape index (κ1) is 20.6. The van der Waals surface area contributed by atoms with Crippen LogP contribution in [0.15, 0.2) is 30.3 Å². The standard InChI is InChI=1S/C18H18F4O3S/c1-26-15-10-23-16(24-11-15)5-3-2-4-13-6-8-14(9-7-13)25-12-18(21,22)17(19)20/h2,4,6-9,15-17H,10-12H2,1H3. The maximum Gasteiger partial charge on any atom is 0.340 e. The van der Waals surface area contributed by atoms with Crippen molar-refractivity contribution in [2.45, 2.75) is 23.9 Å². The number of allylic oxidation sites excluding steroid dienone is 1. The second-order valence-electron chi connectivity index (χ2n) is 5.40. The predicted molar refractivity (Wildman–Crippen MR) is 92.7 cm³/mol. The van der Waals surface area contributed by atoms with E-state index in [4.69, 9.17) is 14.2 Å². The highest BCUT2D eigenvalue weighted by molar-refractivity contribution is 7.99. The Hall–Kier alpha value is -1.69. The monoisotopic (exact) mass is 390 g/mol. The smallest absolute Gasteiger partial charge is 0.340 e. The molecule has 0 unspecified atom stereocenters. The lowest BCUT2D eigenvalue weighted by Gasteiger charge is -2.24. The first-order valence-corrected chi connectivity index (χ1v) is 9.02. The number of hydrogen-bond donors (Lipinski definition) is 0. The average molecular weight is 390 g/mol. The van der Waals surface area contributed by atoms with E-state index in [1.165, 1.54) is 12.1 Å². The van der Waals surface area contributed by atoms with Crippen LogP contribution < -0.4 is 4.74 Å². The summed E-state index contributed by atoms with van der Waals surface area (Å²) in [6.45, 7) is -0.184. The molecular formula is C18H18F4O3S. The number of rotatable bonds is 6. The topological polar surface area (TPSA) is 27.7 Å². The Morgan fingerprint density at radius 1 is 1.27 bits per heavy atom. The van der Waals surface area contributed by atoms with Crippen molar-refractivity contribution in [3.8, 4) is 17.6 Å². The van der Waals surface area contributed by atoms with Crippen LogP contribution >= 0.6 is 11.8 Å². The number of ether oxygens (including phenoxy) is 3. The average Bonchev–Trinajstić information content (AvgIpc) is 2.65. The minimum absolute atomic E-state index is 0.0842. The van der Waals surface area contributed by atoms with Gasteiger partial charge in [0, 0.05) is 0 Å². The van der Waals surface area contributed by atoms with E-state index < -0.39 is 25.2 Å². The molecule has 1 aliphatic rings. The third-order valence-electron chi connectivity index (χ3n) is 3.39. The van der Waals surface area contributed by atoms with Crippen LogP contribution in [0.1, 0.15) is 5.56 Å². The van der Waals surface area contributed by atoms with Crippen LogP contribution in [0.25, 0.3) is 6.08 Å².